The summed E-state index contributed by atoms with van der Waals surface area (Å²) < 4.78 is 0. The van der Waals surface area contributed by atoms with Gasteiger partial charge in [0.15, 0.2) is 0 Å². The lowest BCUT2D eigenvalue weighted by atomic mass is 9.93. The molecule has 1 N–H and O–H groups in total. The van der Waals surface area contributed by atoms with E-state index >= 15 is 0 Å². The Morgan fingerprint density at radius 1 is 1.10 bits per heavy atom. The lowest BCUT2D eigenvalue weighted by Gasteiger charge is -2.31. The first-order valence-electron chi connectivity index (χ1n) is 7.30. The minimum atomic E-state index is 0.849. The Hall–Kier alpha value is -2.39. The Balaban J connectivity index is 1.77. The maximum absolute atomic E-state index is 4.61. The summed E-state index contributed by atoms with van der Waals surface area (Å²) in [7, 11) is 0. The maximum Gasteiger partial charge on any atom is 0.140 e. The van der Waals surface area contributed by atoms with Crippen LogP contribution in [0.2, 0.25) is 0 Å². The SMILES string of the molecule is C1=C2CNCC=C2c2cccnc2N1Cc1ccccc1. The van der Waals surface area contributed by atoms with E-state index in [1.165, 1.54) is 22.3 Å². The van der Waals surface area contributed by atoms with Gasteiger partial charge in [-0.3, -0.25) is 0 Å². The zero-order valence-electron chi connectivity index (χ0n) is 11.8. The molecular weight excluding hydrogens is 258 g/mol. The number of fused-ring (bicyclic) bond motifs is 3. The van der Waals surface area contributed by atoms with Crippen LogP contribution in [0.3, 0.4) is 0 Å². The van der Waals surface area contributed by atoms with Crippen molar-refractivity contribution in [3.63, 3.8) is 0 Å². The molecule has 0 bridgehead atoms. The van der Waals surface area contributed by atoms with Crippen molar-refractivity contribution in [2.45, 2.75) is 6.54 Å². The molecule has 0 amide bonds. The van der Waals surface area contributed by atoms with Crippen LogP contribution in [0.25, 0.3) is 5.57 Å². The molecule has 1 aromatic heterocycles. The van der Waals surface area contributed by atoms with Crippen LogP contribution < -0.4 is 10.2 Å². The van der Waals surface area contributed by atoms with E-state index in [4.69, 9.17) is 0 Å². The van der Waals surface area contributed by atoms with Gasteiger partial charge in [0, 0.05) is 37.6 Å². The van der Waals surface area contributed by atoms with Gasteiger partial charge in [0.05, 0.1) is 0 Å². The molecule has 0 radical (unpaired) electrons. The fraction of sp³-hybridized carbons (Fsp3) is 0.167. The van der Waals surface area contributed by atoms with E-state index in [0.717, 1.165) is 25.5 Å². The molecule has 0 saturated carbocycles. The molecule has 2 aliphatic heterocycles. The highest BCUT2D eigenvalue weighted by molar-refractivity contribution is 5.89. The number of nitrogens with zero attached hydrogens (tertiary/aromatic N) is 2. The summed E-state index contributed by atoms with van der Waals surface area (Å²) in [5.41, 5.74) is 5.22. The molecule has 21 heavy (non-hydrogen) atoms. The van der Waals surface area contributed by atoms with Gasteiger partial charge in [0.25, 0.3) is 0 Å². The average Bonchev–Trinajstić information content (AvgIpc) is 2.56. The standard InChI is InChI=1S/C18H17N3/c1-2-5-14(6-3-1)12-21-13-15-11-19-10-8-16(15)17-7-4-9-20-18(17)21/h1-9,13,19H,10-12H2. The van der Waals surface area contributed by atoms with Crippen LogP contribution >= 0.6 is 0 Å². The number of nitrogens with one attached hydrogen (secondary N) is 1. The van der Waals surface area contributed by atoms with Crippen LogP contribution in [-0.2, 0) is 6.54 Å². The highest BCUT2D eigenvalue weighted by atomic mass is 15.2. The van der Waals surface area contributed by atoms with Crippen LogP contribution in [0.4, 0.5) is 5.82 Å². The van der Waals surface area contributed by atoms with E-state index in [9.17, 15) is 0 Å². The van der Waals surface area contributed by atoms with Crippen molar-refractivity contribution in [2.75, 3.05) is 18.0 Å². The fourth-order valence-electron chi connectivity index (χ4n) is 2.99. The first-order chi connectivity index (χ1) is 10.4. The highest BCUT2D eigenvalue weighted by Crippen LogP contribution is 2.36. The molecule has 0 atom stereocenters. The number of aromatic nitrogens is 1. The van der Waals surface area contributed by atoms with E-state index in [1.807, 2.05) is 12.3 Å². The van der Waals surface area contributed by atoms with E-state index in [-0.39, 0.29) is 0 Å². The fourth-order valence-corrected chi connectivity index (χ4v) is 2.99. The number of hydrogen-bond donors (Lipinski definition) is 1. The zero-order valence-corrected chi connectivity index (χ0v) is 11.8. The largest absolute Gasteiger partial charge is 0.328 e. The molecule has 0 aliphatic carbocycles. The first kappa shape index (κ1) is 12.4. The van der Waals surface area contributed by atoms with Crippen LogP contribution in [0, 0.1) is 0 Å². The second kappa shape index (κ2) is 5.19. The molecule has 0 unspecified atom stereocenters. The third kappa shape index (κ3) is 2.26. The van der Waals surface area contributed by atoms with Crippen molar-refractivity contribution in [3.05, 3.63) is 77.6 Å². The quantitative estimate of drug-likeness (QED) is 0.913. The van der Waals surface area contributed by atoms with E-state index in [1.54, 1.807) is 0 Å². The molecule has 0 fully saturated rings. The molecule has 104 valence electrons. The van der Waals surface area contributed by atoms with E-state index < -0.39 is 0 Å². The van der Waals surface area contributed by atoms with Crippen LogP contribution in [-0.4, -0.2) is 18.1 Å². The summed E-state index contributed by atoms with van der Waals surface area (Å²) in [6.45, 7) is 2.70. The lowest BCUT2D eigenvalue weighted by Crippen LogP contribution is -2.29. The smallest absolute Gasteiger partial charge is 0.140 e. The van der Waals surface area contributed by atoms with Gasteiger partial charge < -0.3 is 10.2 Å². The van der Waals surface area contributed by atoms with Gasteiger partial charge in [0.1, 0.15) is 5.82 Å². The molecule has 0 spiro atoms. The Kier molecular flexibility index (Phi) is 3.05. The third-order valence-electron chi connectivity index (χ3n) is 3.97. The monoisotopic (exact) mass is 275 g/mol. The minimum absolute atomic E-state index is 0.849. The molecule has 2 aromatic rings. The molecular formula is C18H17N3. The Bertz CT molecular complexity index is 716. The topological polar surface area (TPSA) is 28.2 Å². The molecule has 1 aromatic carbocycles. The lowest BCUT2D eigenvalue weighted by molar-refractivity contribution is 0.795. The van der Waals surface area contributed by atoms with Gasteiger partial charge in [-0.2, -0.15) is 0 Å². The van der Waals surface area contributed by atoms with Gasteiger partial charge in [-0.05, 0) is 28.8 Å². The summed E-state index contributed by atoms with van der Waals surface area (Å²) in [5, 5.41) is 3.41. The maximum atomic E-state index is 4.61. The van der Waals surface area contributed by atoms with Crippen LogP contribution in [0.5, 0.6) is 0 Å². The van der Waals surface area contributed by atoms with E-state index in [2.05, 4.69) is 63.9 Å². The van der Waals surface area contributed by atoms with Gasteiger partial charge >= 0.3 is 0 Å². The molecule has 2 aliphatic rings. The van der Waals surface area contributed by atoms with Crippen molar-refractivity contribution < 1.29 is 0 Å². The minimum Gasteiger partial charge on any atom is -0.328 e. The van der Waals surface area contributed by atoms with Gasteiger partial charge in [0.2, 0.25) is 0 Å². The second-order valence-electron chi connectivity index (χ2n) is 5.39. The van der Waals surface area contributed by atoms with Crippen molar-refractivity contribution in [1.82, 2.24) is 10.3 Å². The van der Waals surface area contributed by atoms with Crippen molar-refractivity contribution in [2.24, 2.45) is 0 Å². The Morgan fingerprint density at radius 3 is 2.90 bits per heavy atom. The average molecular weight is 275 g/mol. The summed E-state index contributed by atoms with van der Waals surface area (Å²) in [4.78, 5) is 6.86. The predicted molar refractivity (Wildman–Crippen MR) is 85.8 cm³/mol. The Morgan fingerprint density at radius 2 is 2.00 bits per heavy atom. The van der Waals surface area contributed by atoms with Gasteiger partial charge in [-0.25, -0.2) is 4.98 Å². The summed E-state index contributed by atoms with van der Waals surface area (Å²) in [5.74, 6) is 1.05. The molecule has 3 nitrogen and oxygen atoms in total. The normalized spacial score (nSPS) is 16.7. The second-order valence-corrected chi connectivity index (χ2v) is 5.39. The Labute approximate surface area is 124 Å². The van der Waals surface area contributed by atoms with Crippen molar-refractivity contribution in [3.8, 4) is 0 Å². The van der Waals surface area contributed by atoms with Gasteiger partial charge in [-0.15, -0.1) is 0 Å². The molecule has 4 rings (SSSR count). The number of benzene rings is 1. The predicted octanol–water partition coefficient (Wildman–Crippen LogP) is 2.97. The molecule has 0 saturated heterocycles. The summed E-state index contributed by atoms with van der Waals surface area (Å²) in [6, 6.07) is 14.7. The number of anilines is 1. The number of rotatable bonds is 2. The van der Waals surface area contributed by atoms with Crippen LogP contribution in [0.15, 0.2) is 66.5 Å². The van der Waals surface area contributed by atoms with E-state index in [0.29, 0.717) is 0 Å². The van der Waals surface area contributed by atoms with Gasteiger partial charge in [-0.1, -0.05) is 36.4 Å². The zero-order chi connectivity index (χ0) is 14.1. The number of hydrogen-bond acceptors (Lipinski definition) is 3. The highest BCUT2D eigenvalue weighted by Gasteiger charge is 2.24. The third-order valence-corrected chi connectivity index (χ3v) is 3.97. The van der Waals surface area contributed by atoms with Crippen molar-refractivity contribution >= 4 is 11.4 Å². The summed E-state index contributed by atoms with van der Waals surface area (Å²) >= 11 is 0. The first-order valence-corrected chi connectivity index (χ1v) is 7.30. The van der Waals surface area contributed by atoms with Crippen LogP contribution in [0.1, 0.15) is 11.1 Å². The molecule has 3 heterocycles. The summed E-state index contributed by atoms with van der Waals surface area (Å²) in [6.07, 6.45) is 6.37. The number of pyridine rings is 1. The van der Waals surface area contributed by atoms with Crippen molar-refractivity contribution in [1.29, 1.82) is 0 Å². The molecule has 3 heteroatoms.